The average molecular weight is 452 g/mol. The first kappa shape index (κ1) is 23.3. The zero-order valence-electron chi connectivity index (χ0n) is 19.1. The number of hydrogen-bond acceptors (Lipinski definition) is 4. The molecule has 0 saturated carbocycles. The van der Waals surface area contributed by atoms with Crippen molar-refractivity contribution in [1.29, 1.82) is 0 Å². The van der Waals surface area contributed by atoms with Crippen LogP contribution in [0.25, 0.3) is 11.1 Å². The van der Waals surface area contributed by atoms with E-state index in [1.54, 1.807) is 29.9 Å². The summed E-state index contributed by atoms with van der Waals surface area (Å²) >= 11 is 0. The third-order valence-corrected chi connectivity index (χ3v) is 6.52. The molecule has 0 bridgehead atoms. The number of nitrogens with zero attached hydrogens (tertiary/aromatic N) is 2. The van der Waals surface area contributed by atoms with Crippen molar-refractivity contribution in [1.82, 2.24) is 4.57 Å². The Kier molecular flexibility index (Phi) is 6.60. The molecule has 2 aromatic carbocycles. The average Bonchev–Trinajstić information content (AvgIpc) is 2.75. The number of sulfonamides is 1. The molecule has 0 atom stereocenters. The number of para-hydroxylation sites is 1. The van der Waals surface area contributed by atoms with Crippen LogP contribution >= 0.6 is 0 Å². The molecule has 1 aromatic heterocycles. The smallest absolute Gasteiger partial charge is 0.254 e. The quantitative estimate of drug-likeness (QED) is 0.555. The fraction of sp³-hybridized carbons (Fsp3) is 0.240. The maximum atomic E-state index is 12.5. The summed E-state index contributed by atoms with van der Waals surface area (Å²) in [6.45, 7) is 9.43. The van der Waals surface area contributed by atoms with Crippen LogP contribution in [-0.4, -0.2) is 20.0 Å². The second-order valence-corrected chi connectivity index (χ2v) is 9.50. The van der Waals surface area contributed by atoms with E-state index in [-0.39, 0.29) is 5.56 Å². The second kappa shape index (κ2) is 9.04. The second-order valence-electron chi connectivity index (χ2n) is 7.87. The van der Waals surface area contributed by atoms with Gasteiger partial charge in [0.05, 0.1) is 0 Å². The third kappa shape index (κ3) is 4.62. The fourth-order valence-electron chi connectivity index (χ4n) is 3.97. The van der Waals surface area contributed by atoms with Gasteiger partial charge in [-0.25, -0.2) is 8.42 Å². The van der Waals surface area contributed by atoms with E-state index in [9.17, 15) is 13.2 Å². The Morgan fingerprint density at radius 1 is 1.12 bits per heavy atom. The zero-order chi connectivity index (χ0) is 23.6. The Labute approximate surface area is 189 Å². The highest BCUT2D eigenvalue weighted by Gasteiger charge is 2.18. The Morgan fingerprint density at radius 3 is 2.38 bits per heavy atom. The third-order valence-electron chi connectivity index (χ3n) is 5.56. The van der Waals surface area contributed by atoms with Crippen LogP contribution in [0.15, 0.2) is 65.4 Å². The van der Waals surface area contributed by atoms with Gasteiger partial charge in [-0.15, -0.1) is 0 Å². The highest BCUT2D eigenvalue weighted by atomic mass is 32.2. The number of anilines is 3. The minimum Gasteiger partial charge on any atom is -0.344 e. The van der Waals surface area contributed by atoms with Crippen molar-refractivity contribution in [3.05, 3.63) is 87.7 Å². The largest absolute Gasteiger partial charge is 0.344 e. The molecule has 6 nitrogen and oxygen atoms in total. The van der Waals surface area contributed by atoms with Crippen LogP contribution in [0.4, 0.5) is 17.1 Å². The van der Waals surface area contributed by atoms with Crippen LogP contribution in [0.5, 0.6) is 0 Å². The van der Waals surface area contributed by atoms with Gasteiger partial charge in [-0.3, -0.25) is 9.52 Å². The monoisotopic (exact) mass is 451 g/mol. The van der Waals surface area contributed by atoms with E-state index < -0.39 is 10.0 Å². The molecule has 0 aliphatic heterocycles. The first-order valence-electron chi connectivity index (χ1n) is 10.4. The van der Waals surface area contributed by atoms with Crippen LogP contribution in [0.3, 0.4) is 0 Å². The van der Waals surface area contributed by atoms with E-state index in [4.69, 9.17) is 0 Å². The van der Waals surface area contributed by atoms with Crippen LogP contribution in [0.1, 0.15) is 23.6 Å². The van der Waals surface area contributed by atoms with Gasteiger partial charge in [-0.2, -0.15) is 0 Å². The highest BCUT2D eigenvalue weighted by Crippen LogP contribution is 2.38. The molecule has 168 valence electrons. The SMILES string of the molecule is C=CS(=O)(=O)Nc1ccc(N(C)c2c(C)cccc2C)c(-c2cc(CC)c(=O)n(C)c2)c1. The molecule has 0 aliphatic carbocycles. The van der Waals surface area contributed by atoms with E-state index in [2.05, 4.69) is 42.2 Å². The van der Waals surface area contributed by atoms with Crippen molar-refractivity contribution >= 4 is 27.1 Å². The predicted octanol–water partition coefficient (Wildman–Crippen LogP) is 4.88. The van der Waals surface area contributed by atoms with E-state index in [1.807, 2.05) is 32.2 Å². The molecule has 3 rings (SSSR count). The van der Waals surface area contributed by atoms with Gasteiger partial charge in [-0.05, 0) is 55.7 Å². The highest BCUT2D eigenvalue weighted by molar-refractivity contribution is 7.95. The van der Waals surface area contributed by atoms with Crippen LogP contribution < -0.4 is 15.2 Å². The number of rotatable bonds is 7. The molecule has 3 aromatic rings. The summed E-state index contributed by atoms with van der Waals surface area (Å²) in [6.07, 6.45) is 2.38. The van der Waals surface area contributed by atoms with Crippen molar-refractivity contribution in [2.45, 2.75) is 27.2 Å². The molecule has 1 N–H and O–H groups in total. The number of nitrogens with one attached hydrogen (secondary N) is 1. The number of aryl methyl sites for hydroxylation is 4. The maximum Gasteiger partial charge on any atom is 0.254 e. The Morgan fingerprint density at radius 2 is 1.78 bits per heavy atom. The van der Waals surface area contributed by atoms with Crippen molar-refractivity contribution in [2.24, 2.45) is 7.05 Å². The van der Waals surface area contributed by atoms with Gasteiger partial charge in [0.15, 0.2) is 0 Å². The Hall–Kier alpha value is -3.32. The molecule has 0 aliphatic rings. The molecular weight excluding hydrogens is 422 g/mol. The number of pyridine rings is 1. The van der Waals surface area contributed by atoms with E-state index in [1.165, 1.54) is 0 Å². The number of benzene rings is 2. The molecular formula is C25H29N3O3S. The van der Waals surface area contributed by atoms with E-state index in [0.717, 1.165) is 39.0 Å². The van der Waals surface area contributed by atoms with Gasteiger partial charge in [0, 0.05) is 59.5 Å². The van der Waals surface area contributed by atoms with E-state index in [0.29, 0.717) is 17.7 Å². The molecule has 32 heavy (non-hydrogen) atoms. The van der Waals surface area contributed by atoms with Crippen LogP contribution in [0.2, 0.25) is 0 Å². The van der Waals surface area contributed by atoms with Crippen molar-refractivity contribution in [2.75, 3.05) is 16.7 Å². The van der Waals surface area contributed by atoms with E-state index >= 15 is 0 Å². The van der Waals surface area contributed by atoms with Crippen molar-refractivity contribution < 1.29 is 8.42 Å². The van der Waals surface area contributed by atoms with Gasteiger partial charge < -0.3 is 9.47 Å². The lowest BCUT2D eigenvalue weighted by atomic mass is 10.00. The van der Waals surface area contributed by atoms with Gasteiger partial charge in [0.25, 0.3) is 15.6 Å². The lowest BCUT2D eigenvalue weighted by molar-refractivity contribution is 0.609. The molecule has 0 saturated heterocycles. The standard InChI is InChI=1S/C25H29N3O3S/c1-7-19-14-20(16-27(5)25(19)29)22-15-21(26-32(30,31)8-2)12-13-23(22)28(6)24-17(3)10-9-11-18(24)4/h8-16,26H,2,7H2,1,3-6H3. The van der Waals surface area contributed by atoms with Crippen LogP contribution in [-0.2, 0) is 23.5 Å². The summed E-state index contributed by atoms with van der Waals surface area (Å²) in [5, 5.41) is 0.880. The predicted molar refractivity (Wildman–Crippen MR) is 133 cm³/mol. The first-order valence-corrected chi connectivity index (χ1v) is 11.9. The number of aromatic nitrogens is 1. The summed E-state index contributed by atoms with van der Waals surface area (Å²) in [4.78, 5) is 14.6. The molecule has 0 amide bonds. The van der Waals surface area contributed by atoms with Gasteiger partial charge in [0.2, 0.25) is 0 Å². The molecule has 1 heterocycles. The molecule has 0 unspecified atom stereocenters. The summed E-state index contributed by atoms with van der Waals surface area (Å²) in [7, 11) is 0.0640. The van der Waals surface area contributed by atoms with Gasteiger partial charge >= 0.3 is 0 Å². The fourth-order valence-corrected chi connectivity index (χ4v) is 4.50. The Bertz CT molecular complexity index is 1320. The lowest BCUT2D eigenvalue weighted by Gasteiger charge is -2.27. The van der Waals surface area contributed by atoms with Gasteiger partial charge in [0.1, 0.15) is 0 Å². The maximum absolute atomic E-state index is 12.5. The van der Waals surface area contributed by atoms with Crippen molar-refractivity contribution in [3.8, 4) is 11.1 Å². The summed E-state index contributed by atoms with van der Waals surface area (Å²) in [6, 6.07) is 13.4. The zero-order valence-corrected chi connectivity index (χ0v) is 20.0. The summed E-state index contributed by atoms with van der Waals surface area (Å²) in [5.74, 6) is 0. The lowest BCUT2D eigenvalue weighted by Crippen LogP contribution is -2.20. The molecule has 0 fully saturated rings. The minimum atomic E-state index is -3.65. The normalized spacial score (nSPS) is 11.3. The molecule has 7 heteroatoms. The van der Waals surface area contributed by atoms with Gasteiger partial charge in [-0.1, -0.05) is 31.7 Å². The topological polar surface area (TPSA) is 71.4 Å². The Balaban J connectivity index is 2.28. The summed E-state index contributed by atoms with van der Waals surface area (Å²) in [5.41, 5.74) is 6.95. The van der Waals surface area contributed by atoms with Crippen molar-refractivity contribution in [3.63, 3.8) is 0 Å². The number of hydrogen-bond donors (Lipinski definition) is 1. The summed E-state index contributed by atoms with van der Waals surface area (Å²) < 4.78 is 28.2. The first-order chi connectivity index (χ1) is 15.1. The van der Waals surface area contributed by atoms with Crippen LogP contribution in [0, 0.1) is 13.8 Å². The molecule has 0 radical (unpaired) electrons. The molecule has 0 spiro atoms. The minimum absolute atomic E-state index is 0.0376.